The minimum Gasteiger partial charge on any atom is -0.399 e. The Labute approximate surface area is 125 Å². The summed E-state index contributed by atoms with van der Waals surface area (Å²) in [7, 11) is -3.86. The summed E-state index contributed by atoms with van der Waals surface area (Å²) < 4.78 is 26.7. The van der Waals surface area contributed by atoms with Crippen molar-refractivity contribution < 1.29 is 13.5 Å². The molecule has 0 saturated heterocycles. The number of aliphatic hydroxyl groups excluding tert-OH is 1. The second-order valence-corrected chi connectivity index (χ2v) is 7.87. The lowest BCUT2D eigenvalue weighted by Gasteiger charge is -2.22. The minimum absolute atomic E-state index is 0.0205. The number of aliphatic hydroxyl groups is 1. The topological polar surface area (TPSA) is 116 Å². The lowest BCUT2D eigenvalue weighted by Crippen LogP contribution is -2.34. The highest BCUT2D eigenvalue weighted by atomic mass is 32.2. The van der Waals surface area contributed by atoms with E-state index in [2.05, 4.69) is 4.72 Å². The largest absolute Gasteiger partial charge is 0.399 e. The second kappa shape index (κ2) is 6.43. The Morgan fingerprint density at radius 2 is 2.05 bits per heavy atom. The van der Waals surface area contributed by atoms with E-state index in [1.807, 2.05) is 20.8 Å². The number of sulfonamides is 1. The molecule has 0 aliphatic carbocycles. The van der Waals surface area contributed by atoms with Gasteiger partial charge in [-0.15, -0.1) is 0 Å². The van der Waals surface area contributed by atoms with Crippen LogP contribution in [0.15, 0.2) is 23.1 Å². The molecule has 0 aliphatic rings. The first-order valence-electron chi connectivity index (χ1n) is 6.52. The number of nitriles is 1. The van der Waals surface area contributed by atoms with Crippen molar-refractivity contribution >= 4 is 15.7 Å². The molecule has 1 unspecified atom stereocenters. The number of nitrogens with zero attached hydrogens (tertiary/aromatic N) is 1. The van der Waals surface area contributed by atoms with E-state index in [0.717, 1.165) is 0 Å². The number of nitrogens with one attached hydrogen (secondary N) is 1. The van der Waals surface area contributed by atoms with Crippen molar-refractivity contribution in [1.29, 1.82) is 5.26 Å². The van der Waals surface area contributed by atoms with E-state index in [9.17, 15) is 13.5 Å². The van der Waals surface area contributed by atoms with E-state index in [0.29, 0.717) is 12.1 Å². The van der Waals surface area contributed by atoms with Crippen LogP contribution in [0.25, 0.3) is 0 Å². The first-order valence-corrected chi connectivity index (χ1v) is 8.01. The maximum absolute atomic E-state index is 12.2. The quantitative estimate of drug-likeness (QED) is 0.707. The van der Waals surface area contributed by atoms with Crippen LogP contribution in [0, 0.1) is 16.7 Å². The summed E-state index contributed by atoms with van der Waals surface area (Å²) in [6, 6.07) is 5.81. The number of nitrogens with two attached hydrogens (primary N) is 1. The van der Waals surface area contributed by atoms with Crippen molar-refractivity contribution in [2.45, 2.75) is 38.2 Å². The molecule has 0 spiro atoms. The predicted octanol–water partition coefficient (Wildman–Crippen LogP) is 1.22. The van der Waals surface area contributed by atoms with E-state index in [1.165, 1.54) is 18.2 Å². The summed E-state index contributed by atoms with van der Waals surface area (Å²) in [6.45, 7) is 5.77. The van der Waals surface area contributed by atoms with Crippen LogP contribution >= 0.6 is 0 Å². The summed E-state index contributed by atoms with van der Waals surface area (Å²) in [5, 5.41) is 18.8. The Kier molecular flexibility index (Phi) is 5.34. The first kappa shape index (κ1) is 17.4. The Hall–Kier alpha value is -1.62. The molecule has 0 amide bonds. The summed E-state index contributed by atoms with van der Waals surface area (Å²) in [4.78, 5) is -0.137. The maximum Gasteiger partial charge on any atom is 0.241 e. The van der Waals surface area contributed by atoms with Gasteiger partial charge >= 0.3 is 0 Å². The van der Waals surface area contributed by atoms with E-state index < -0.39 is 16.1 Å². The molecule has 0 aromatic heterocycles. The number of benzene rings is 1. The highest BCUT2D eigenvalue weighted by molar-refractivity contribution is 7.89. The molecule has 116 valence electrons. The molecular weight excluding hydrogens is 290 g/mol. The zero-order valence-corrected chi connectivity index (χ0v) is 13.2. The van der Waals surface area contributed by atoms with Gasteiger partial charge in [0.15, 0.2) is 0 Å². The fraction of sp³-hybridized carbons (Fsp3) is 0.500. The summed E-state index contributed by atoms with van der Waals surface area (Å²) in [6.07, 6.45) is -0.332. The van der Waals surface area contributed by atoms with E-state index in [-0.39, 0.29) is 22.4 Å². The standard InChI is InChI=1S/C14H21N3O3S/c1-14(2,3)7-12(18)9-17-21(19,20)13-5-4-11(16)6-10(13)8-15/h4-6,12,17-18H,7,9,16H2,1-3H3. The molecule has 6 nitrogen and oxygen atoms in total. The summed E-state index contributed by atoms with van der Waals surface area (Å²) in [5.41, 5.74) is 5.72. The van der Waals surface area contributed by atoms with Gasteiger partial charge in [-0.2, -0.15) is 5.26 Å². The third-order valence-electron chi connectivity index (χ3n) is 2.77. The lowest BCUT2D eigenvalue weighted by molar-refractivity contribution is 0.125. The predicted molar refractivity (Wildman–Crippen MR) is 80.8 cm³/mol. The number of hydrogen-bond donors (Lipinski definition) is 3. The van der Waals surface area contributed by atoms with Crippen LogP contribution in [-0.2, 0) is 10.0 Å². The second-order valence-electron chi connectivity index (χ2n) is 6.14. The molecule has 1 aromatic carbocycles. The molecule has 0 bridgehead atoms. The molecule has 1 atom stereocenters. The van der Waals surface area contributed by atoms with Crippen LogP contribution in [0.2, 0.25) is 0 Å². The Morgan fingerprint density at radius 3 is 2.57 bits per heavy atom. The molecule has 0 fully saturated rings. The molecule has 1 aromatic rings. The molecule has 0 saturated carbocycles. The Morgan fingerprint density at radius 1 is 1.43 bits per heavy atom. The van der Waals surface area contributed by atoms with Crippen molar-refractivity contribution in [1.82, 2.24) is 4.72 Å². The highest BCUT2D eigenvalue weighted by Crippen LogP contribution is 2.21. The molecule has 4 N–H and O–H groups in total. The maximum atomic E-state index is 12.2. The van der Waals surface area contributed by atoms with Gasteiger partial charge in [0.05, 0.1) is 16.6 Å². The summed E-state index contributed by atoms with van der Waals surface area (Å²) >= 11 is 0. The zero-order chi connectivity index (χ0) is 16.3. The fourth-order valence-corrected chi connectivity index (χ4v) is 3.14. The van der Waals surface area contributed by atoms with Gasteiger partial charge in [-0.3, -0.25) is 0 Å². The van der Waals surface area contributed by atoms with Crippen molar-refractivity contribution in [2.24, 2.45) is 5.41 Å². The lowest BCUT2D eigenvalue weighted by atomic mass is 9.89. The monoisotopic (exact) mass is 311 g/mol. The van der Waals surface area contributed by atoms with Crippen LogP contribution in [0.4, 0.5) is 5.69 Å². The van der Waals surface area contributed by atoms with E-state index in [1.54, 1.807) is 6.07 Å². The molecule has 7 heteroatoms. The van der Waals surface area contributed by atoms with Crippen molar-refractivity contribution in [2.75, 3.05) is 12.3 Å². The fourth-order valence-electron chi connectivity index (χ4n) is 1.93. The smallest absolute Gasteiger partial charge is 0.241 e. The average Bonchev–Trinajstić information content (AvgIpc) is 2.34. The van der Waals surface area contributed by atoms with Crippen molar-refractivity contribution in [3.05, 3.63) is 23.8 Å². The van der Waals surface area contributed by atoms with Gasteiger partial charge < -0.3 is 10.8 Å². The number of hydrogen-bond acceptors (Lipinski definition) is 5. The average molecular weight is 311 g/mol. The number of nitrogen functional groups attached to an aromatic ring is 1. The van der Waals surface area contributed by atoms with Gasteiger partial charge in [0.25, 0.3) is 0 Å². The van der Waals surface area contributed by atoms with E-state index in [4.69, 9.17) is 11.0 Å². The van der Waals surface area contributed by atoms with Crippen LogP contribution in [0.5, 0.6) is 0 Å². The van der Waals surface area contributed by atoms with Gasteiger partial charge in [0.2, 0.25) is 10.0 Å². The van der Waals surface area contributed by atoms with Crippen LogP contribution in [-0.4, -0.2) is 26.2 Å². The van der Waals surface area contributed by atoms with Crippen LogP contribution < -0.4 is 10.5 Å². The third-order valence-corrected chi connectivity index (χ3v) is 4.25. The number of rotatable bonds is 5. The normalized spacial score (nSPS) is 13.7. The van der Waals surface area contributed by atoms with Crippen LogP contribution in [0.3, 0.4) is 0 Å². The molecule has 0 heterocycles. The zero-order valence-electron chi connectivity index (χ0n) is 12.4. The molecule has 0 aliphatic heterocycles. The van der Waals surface area contributed by atoms with Crippen molar-refractivity contribution in [3.8, 4) is 6.07 Å². The summed E-state index contributed by atoms with van der Waals surface area (Å²) in [5.74, 6) is 0. The van der Waals surface area contributed by atoms with Gasteiger partial charge in [-0.25, -0.2) is 13.1 Å². The SMILES string of the molecule is CC(C)(C)CC(O)CNS(=O)(=O)c1ccc(N)cc1C#N. The minimum atomic E-state index is -3.86. The third kappa shape index (κ3) is 5.34. The molecule has 21 heavy (non-hydrogen) atoms. The molecule has 0 radical (unpaired) electrons. The van der Waals surface area contributed by atoms with Gasteiger partial charge in [-0.1, -0.05) is 20.8 Å². The highest BCUT2D eigenvalue weighted by Gasteiger charge is 2.22. The van der Waals surface area contributed by atoms with Crippen molar-refractivity contribution in [3.63, 3.8) is 0 Å². The molecular formula is C14H21N3O3S. The first-order chi connectivity index (χ1) is 9.55. The Bertz CT molecular complexity index is 642. The van der Waals surface area contributed by atoms with Gasteiger partial charge in [-0.05, 0) is 30.0 Å². The van der Waals surface area contributed by atoms with Gasteiger partial charge in [0.1, 0.15) is 6.07 Å². The van der Waals surface area contributed by atoms with E-state index >= 15 is 0 Å². The van der Waals surface area contributed by atoms with Crippen LogP contribution in [0.1, 0.15) is 32.8 Å². The molecule has 1 rings (SSSR count). The Balaban J connectivity index is 2.86. The van der Waals surface area contributed by atoms with Gasteiger partial charge in [0, 0.05) is 12.2 Å². The number of anilines is 1.